The van der Waals surface area contributed by atoms with Crippen LogP contribution in [0.15, 0.2) is 36.7 Å². The van der Waals surface area contributed by atoms with Crippen LogP contribution in [0, 0.1) is 5.92 Å². The highest BCUT2D eigenvalue weighted by atomic mass is 35.5. The summed E-state index contributed by atoms with van der Waals surface area (Å²) in [5.41, 5.74) is 0.663. The topological polar surface area (TPSA) is 58.1 Å². The standard InChI is InChI=1S/C20H21ClN4OS/c1-2-14-10-15-18(22-12-23-20(15)27-14)25-9-5-6-13(11-25)19(26)24-17-8-4-3-7-16(17)21/h3-4,7-8,10,12-13H,2,5-6,9,11H2,1H3,(H,24,26). The van der Waals surface area contributed by atoms with Crippen LogP contribution in [0.4, 0.5) is 11.5 Å². The third-order valence-corrected chi connectivity index (χ3v) is 6.45. The molecule has 27 heavy (non-hydrogen) atoms. The number of nitrogens with zero attached hydrogens (tertiary/aromatic N) is 3. The van der Waals surface area contributed by atoms with E-state index in [1.807, 2.05) is 18.2 Å². The van der Waals surface area contributed by atoms with Crippen LogP contribution < -0.4 is 10.2 Å². The number of amides is 1. The molecule has 0 radical (unpaired) electrons. The van der Waals surface area contributed by atoms with Gasteiger partial charge < -0.3 is 10.2 Å². The zero-order chi connectivity index (χ0) is 18.8. The molecule has 0 aliphatic carbocycles. The molecule has 1 amide bonds. The molecule has 0 spiro atoms. The van der Waals surface area contributed by atoms with E-state index in [9.17, 15) is 4.79 Å². The lowest BCUT2D eigenvalue weighted by Gasteiger charge is -2.33. The zero-order valence-electron chi connectivity index (χ0n) is 15.1. The SMILES string of the molecule is CCc1cc2c(N3CCCC(C(=O)Nc4ccccc4Cl)C3)ncnc2s1. The van der Waals surface area contributed by atoms with Gasteiger partial charge in [0.2, 0.25) is 5.91 Å². The number of aryl methyl sites for hydroxylation is 1. The number of aromatic nitrogens is 2. The maximum Gasteiger partial charge on any atom is 0.229 e. The molecule has 5 nitrogen and oxygen atoms in total. The molecule has 1 unspecified atom stereocenters. The first kappa shape index (κ1) is 18.2. The fraction of sp³-hybridized carbons (Fsp3) is 0.350. The van der Waals surface area contributed by atoms with Crippen LogP contribution in [0.3, 0.4) is 0 Å². The average molecular weight is 401 g/mol. The molecule has 1 aliphatic heterocycles. The molecule has 3 heterocycles. The minimum Gasteiger partial charge on any atom is -0.355 e. The summed E-state index contributed by atoms with van der Waals surface area (Å²) in [6, 6.07) is 9.51. The number of hydrogen-bond donors (Lipinski definition) is 1. The predicted molar refractivity (Wildman–Crippen MR) is 112 cm³/mol. The molecule has 1 aliphatic rings. The molecular formula is C20H21ClN4OS. The monoisotopic (exact) mass is 400 g/mol. The highest BCUT2D eigenvalue weighted by molar-refractivity contribution is 7.18. The van der Waals surface area contributed by atoms with E-state index in [0.29, 0.717) is 17.3 Å². The highest BCUT2D eigenvalue weighted by Gasteiger charge is 2.28. The van der Waals surface area contributed by atoms with Crippen LogP contribution in [0.5, 0.6) is 0 Å². The minimum absolute atomic E-state index is 0.0117. The molecule has 1 atom stereocenters. The van der Waals surface area contributed by atoms with Gasteiger partial charge in [-0.15, -0.1) is 11.3 Å². The highest BCUT2D eigenvalue weighted by Crippen LogP contribution is 2.33. The van der Waals surface area contributed by atoms with E-state index < -0.39 is 0 Å². The molecule has 7 heteroatoms. The number of para-hydroxylation sites is 1. The van der Waals surface area contributed by atoms with Gasteiger partial charge in [0.25, 0.3) is 0 Å². The van der Waals surface area contributed by atoms with Crippen molar-refractivity contribution in [3.63, 3.8) is 0 Å². The smallest absolute Gasteiger partial charge is 0.229 e. The third-order valence-electron chi connectivity index (χ3n) is 4.93. The van der Waals surface area contributed by atoms with Crippen molar-refractivity contribution in [2.24, 2.45) is 5.92 Å². The molecule has 1 fully saturated rings. The van der Waals surface area contributed by atoms with Crippen LogP contribution >= 0.6 is 22.9 Å². The van der Waals surface area contributed by atoms with Gasteiger partial charge >= 0.3 is 0 Å². The second kappa shape index (κ2) is 7.82. The van der Waals surface area contributed by atoms with Gasteiger partial charge in [-0.1, -0.05) is 30.7 Å². The Bertz CT molecular complexity index is 974. The Morgan fingerprint density at radius 3 is 3.04 bits per heavy atom. The summed E-state index contributed by atoms with van der Waals surface area (Å²) >= 11 is 7.89. The zero-order valence-corrected chi connectivity index (χ0v) is 16.7. The number of halogens is 1. The Balaban J connectivity index is 1.54. The Labute approximate surface area is 167 Å². The number of carbonyl (C=O) groups is 1. The summed E-state index contributed by atoms with van der Waals surface area (Å²) in [6.45, 7) is 3.70. The quantitative estimate of drug-likeness (QED) is 0.685. The maximum atomic E-state index is 12.8. The Morgan fingerprint density at radius 2 is 2.22 bits per heavy atom. The fourth-order valence-electron chi connectivity index (χ4n) is 3.50. The first-order valence-corrected chi connectivity index (χ1v) is 10.4. The first-order valence-electron chi connectivity index (χ1n) is 9.19. The van der Waals surface area contributed by atoms with E-state index in [-0.39, 0.29) is 11.8 Å². The van der Waals surface area contributed by atoms with Gasteiger partial charge in [0.15, 0.2) is 0 Å². The largest absolute Gasteiger partial charge is 0.355 e. The van der Waals surface area contributed by atoms with Gasteiger partial charge in [-0.25, -0.2) is 9.97 Å². The lowest BCUT2D eigenvalue weighted by atomic mass is 9.97. The van der Waals surface area contributed by atoms with Gasteiger partial charge in [-0.2, -0.15) is 0 Å². The number of rotatable bonds is 4. The molecule has 1 saturated heterocycles. The van der Waals surface area contributed by atoms with Gasteiger partial charge in [-0.3, -0.25) is 4.79 Å². The average Bonchev–Trinajstić information content (AvgIpc) is 3.13. The molecule has 0 bridgehead atoms. The molecule has 140 valence electrons. The normalized spacial score (nSPS) is 17.3. The number of piperidine rings is 1. The number of thiophene rings is 1. The summed E-state index contributed by atoms with van der Waals surface area (Å²) < 4.78 is 0. The van der Waals surface area contributed by atoms with Crippen molar-refractivity contribution in [3.05, 3.63) is 46.6 Å². The van der Waals surface area contributed by atoms with E-state index >= 15 is 0 Å². The summed E-state index contributed by atoms with van der Waals surface area (Å²) in [4.78, 5) is 26.3. The van der Waals surface area contributed by atoms with Crippen LogP contribution in [0.1, 0.15) is 24.6 Å². The van der Waals surface area contributed by atoms with Crippen molar-refractivity contribution in [2.75, 3.05) is 23.3 Å². The lowest BCUT2D eigenvalue weighted by Crippen LogP contribution is -2.41. The minimum atomic E-state index is -0.0932. The van der Waals surface area contributed by atoms with Gasteiger partial charge in [0.1, 0.15) is 17.0 Å². The van der Waals surface area contributed by atoms with E-state index in [1.54, 1.807) is 23.7 Å². The summed E-state index contributed by atoms with van der Waals surface area (Å²) in [5.74, 6) is 0.855. The summed E-state index contributed by atoms with van der Waals surface area (Å²) in [6.07, 6.45) is 4.44. The van der Waals surface area contributed by atoms with Crippen molar-refractivity contribution >= 4 is 50.6 Å². The van der Waals surface area contributed by atoms with Crippen LogP contribution in [0.2, 0.25) is 5.02 Å². The molecule has 4 rings (SSSR count). The molecule has 3 aromatic rings. The van der Waals surface area contributed by atoms with Gasteiger partial charge in [-0.05, 0) is 37.5 Å². The van der Waals surface area contributed by atoms with Gasteiger partial charge in [0, 0.05) is 18.0 Å². The summed E-state index contributed by atoms with van der Waals surface area (Å²) in [7, 11) is 0. The Hall–Kier alpha value is -2.18. The van der Waals surface area contributed by atoms with E-state index in [2.05, 4.69) is 33.2 Å². The molecule has 1 N–H and O–H groups in total. The molecular weight excluding hydrogens is 380 g/mol. The van der Waals surface area contributed by atoms with Crippen molar-refractivity contribution in [1.82, 2.24) is 9.97 Å². The number of anilines is 2. The van der Waals surface area contributed by atoms with Gasteiger partial charge in [0.05, 0.1) is 22.0 Å². The number of fused-ring (bicyclic) bond motifs is 1. The first-order chi connectivity index (χ1) is 13.2. The maximum absolute atomic E-state index is 12.8. The van der Waals surface area contributed by atoms with Crippen LogP contribution in [0.25, 0.3) is 10.2 Å². The van der Waals surface area contributed by atoms with E-state index in [1.165, 1.54) is 4.88 Å². The Kier molecular flexibility index (Phi) is 5.27. The second-order valence-corrected chi connectivity index (χ2v) is 8.26. The molecule has 1 aromatic carbocycles. The summed E-state index contributed by atoms with van der Waals surface area (Å²) in [5, 5.41) is 4.62. The Morgan fingerprint density at radius 1 is 1.37 bits per heavy atom. The number of benzene rings is 1. The lowest BCUT2D eigenvalue weighted by molar-refractivity contribution is -0.120. The second-order valence-electron chi connectivity index (χ2n) is 6.74. The number of hydrogen-bond acceptors (Lipinski definition) is 5. The predicted octanol–water partition coefficient (Wildman–Crippen LogP) is 4.76. The third kappa shape index (κ3) is 3.77. The number of carbonyl (C=O) groups excluding carboxylic acids is 1. The number of nitrogens with one attached hydrogen (secondary N) is 1. The fourth-order valence-corrected chi connectivity index (χ4v) is 4.61. The van der Waals surface area contributed by atoms with E-state index in [0.717, 1.165) is 41.8 Å². The van der Waals surface area contributed by atoms with Crippen molar-refractivity contribution < 1.29 is 4.79 Å². The molecule has 0 saturated carbocycles. The van der Waals surface area contributed by atoms with Crippen LogP contribution in [-0.2, 0) is 11.2 Å². The van der Waals surface area contributed by atoms with E-state index in [4.69, 9.17) is 11.6 Å². The molecule has 2 aromatic heterocycles. The van der Waals surface area contributed by atoms with Crippen molar-refractivity contribution in [2.45, 2.75) is 26.2 Å². The van der Waals surface area contributed by atoms with Crippen LogP contribution in [-0.4, -0.2) is 29.0 Å². The van der Waals surface area contributed by atoms with Crippen molar-refractivity contribution in [1.29, 1.82) is 0 Å². The van der Waals surface area contributed by atoms with Crippen molar-refractivity contribution in [3.8, 4) is 0 Å².